The molecule has 2 fully saturated rings. The lowest BCUT2D eigenvalue weighted by molar-refractivity contribution is -0.126. The van der Waals surface area contributed by atoms with Gasteiger partial charge in [-0.25, -0.2) is 12.7 Å². The standard InChI is InChI=1S/C26H34ClN3O3S/c27-25-8-4-6-23(16-25)20-34(32,33)30-15-5-7-24(19-30)26(31)28-17-21-9-11-22(12-10-21)18-29-13-2-1-3-14-29/h4,6,8-12,16,24H,1-3,5,7,13-15,17-20H2,(H,28,31). The number of nitrogens with one attached hydrogen (secondary N) is 1. The molecule has 2 aliphatic heterocycles. The fourth-order valence-corrected chi connectivity index (χ4v) is 6.62. The van der Waals surface area contributed by atoms with Crippen molar-refractivity contribution in [1.29, 1.82) is 0 Å². The van der Waals surface area contributed by atoms with E-state index in [1.807, 2.05) is 0 Å². The Hall–Kier alpha value is -1.93. The molecule has 1 unspecified atom stereocenters. The first-order valence-electron chi connectivity index (χ1n) is 12.2. The lowest BCUT2D eigenvalue weighted by Gasteiger charge is -2.31. The van der Waals surface area contributed by atoms with Crippen LogP contribution in [0.1, 0.15) is 48.8 Å². The molecule has 2 saturated heterocycles. The van der Waals surface area contributed by atoms with Crippen molar-refractivity contribution >= 4 is 27.5 Å². The van der Waals surface area contributed by atoms with E-state index >= 15 is 0 Å². The van der Waals surface area contributed by atoms with Crippen LogP contribution in [-0.4, -0.2) is 49.7 Å². The summed E-state index contributed by atoms with van der Waals surface area (Å²) in [7, 11) is -3.51. The van der Waals surface area contributed by atoms with Crippen LogP contribution in [0.25, 0.3) is 0 Å². The first-order chi connectivity index (χ1) is 16.4. The highest BCUT2D eigenvalue weighted by Crippen LogP contribution is 2.23. The minimum Gasteiger partial charge on any atom is -0.352 e. The van der Waals surface area contributed by atoms with Crippen LogP contribution in [0, 0.1) is 5.92 Å². The van der Waals surface area contributed by atoms with Crippen LogP contribution in [0.2, 0.25) is 5.02 Å². The first kappa shape index (κ1) is 25.2. The summed E-state index contributed by atoms with van der Waals surface area (Å²) in [6, 6.07) is 15.3. The maximum atomic E-state index is 12.9. The molecule has 4 rings (SSSR count). The maximum absolute atomic E-state index is 12.9. The predicted molar refractivity (Wildman–Crippen MR) is 136 cm³/mol. The monoisotopic (exact) mass is 503 g/mol. The number of benzene rings is 2. The molecular weight excluding hydrogens is 470 g/mol. The van der Waals surface area contributed by atoms with Gasteiger partial charge in [0.15, 0.2) is 0 Å². The van der Waals surface area contributed by atoms with Crippen LogP contribution >= 0.6 is 11.6 Å². The van der Waals surface area contributed by atoms with Gasteiger partial charge in [-0.3, -0.25) is 9.69 Å². The molecule has 2 aromatic carbocycles. The van der Waals surface area contributed by atoms with E-state index in [4.69, 9.17) is 11.6 Å². The summed E-state index contributed by atoms with van der Waals surface area (Å²) in [4.78, 5) is 15.3. The van der Waals surface area contributed by atoms with Gasteiger partial charge in [0.25, 0.3) is 0 Å². The van der Waals surface area contributed by atoms with E-state index in [9.17, 15) is 13.2 Å². The quantitative estimate of drug-likeness (QED) is 0.586. The van der Waals surface area contributed by atoms with E-state index in [0.717, 1.165) is 12.1 Å². The molecule has 0 bridgehead atoms. The molecule has 2 aliphatic rings. The van der Waals surface area contributed by atoms with Gasteiger partial charge in [-0.1, -0.05) is 54.4 Å². The predicted octanol–water partition coefficient (Wildman–Crippen LogP) is 4.18. The van der Waals surface area contributed by atoms with Crippen LogP contribution in [-0.2, 0) is 33.7 Å². The Labute approximate surface area is 208 Å². The summed E-state index contributed by atoms with van der Waals surface area (Å²) in [6.07, 6.45) is 5.28. The Morgan fingerprint density at radius 3 is 2.41 bits per heavy atom. The van der Waals surface area contributed by atoms with Crippen LogP contribution in [0.15, 0.2) is 48.5 Å². The van der Waals surface area contributed by atoms with Gasteiger partial charge in [0.1, 0.15) is 0 Å². The van der Waals surface area contributed by atoms with Crippen molar-refractivity contribution in [3.63, 3.8) is 0 Å². The van der Waals surface area contributed by atoms with Gasteiger partial charge in [0.2, 0.25) is 15.9 Å². The van der Waals surface area contributed by atoms with Crippen molar-refractivity contribution in [3.05, 3.63) is 70.2 Å². The number of hydrogen-bond donors (Lipinski definition) is 1. The van der Waals surface area contributed by atoms with E-state index < -0.39 is 10.0 Å². The second kappa shape index (κ2) is 11.7. The van der Waals surface area contributed by atoms with Gasteiger partial charge in [0, 0.05) is 31.2 Å². The SMILES string of the molecule is O=C(NCc1ccc(CN2CCCCC2)cc1)C1CCCN(S(=O)(=O)Cc2cccc(Cl)c2)C1. The number of carbonyl (C=O) groups is 1. The summed E-state index contributed by atoms with van der Waals surface area (Å²) in [5, 5.41) is 3.53. The molecule has 1 amide bonds. The summed E-state index contributed by atoms with van der Waals surface area (Å²) < 4.78 is 27.3. The van der Waals surface area contributed by atoms with Crippen molar-refractivity contribution in [2.75, 3.05) is 26.2 Å². The third-order valence-electron chi connectivity index (χ3n) is 6.73. The highest BCUT2D eigenvalue weighted by molar-refractivity contribution is 7.88. The number of likely N-dealkylation sites (tertiary alicyclic amines) is 1. The van der Waals surface area contributed by atoms with E-state index in [1.54, 1.807) is 24.3 Å². The van der Waals surface area contributed by atoms with Gasteiger partial charge < -0.3 is 5.32 Å². The molecule has 1 atom stereocenters. The summed E-state index contributed by atoms with van der Waals surface area (Å²) >= 11 is 6.00. The summed E-state index contributed by atoms with van der Waals surface area (Å²) in [5.41, 5.74) is 3.00. The van der Waals surface area contributed by atoms with E-state index in [2.05, 4.69) is 34.5 Å². The van der Waals surface area contributed by atoms with Gasteiger partial charge in [0.05, 0.1) is 11.7 Å². The average Bonchev–Trinajstić information content (AvgIpc) is 2.84. The van der Waals surface area contributed by atoms with Gasteiger partial charge >= 0.3 is 0 Å². The second-order valence-corrected chi connectivity index (χ2v) is 11.9. The number of carbonyl (C=O) groups excluding carboxylic acids is 1. The van der Waals surface area contributed by atoms with Crippen LogP contribution < -0.4 is 5.32 Å². The number of rotatable bonds is 8. The van der Waals surface area contributed by atoms with Crippen molar-refractivity contribution in [2.45, 2.75) is 50.9 Å². The van der Waals surface area contributed by atoms with Crippen LogP contribution in [0.4, 0.5) is 0 Å². The molecule has 34 heavy (non-hydrogen) atoms. The van der Waals surface area contributed by atoms with E-state index in [-0.39, 0.29) is 24.1 Å². The largest absolute Gasteiger partial charge is 0.352 e. The zero-order valence-corrected chi connectivity index (χ0v) is 21.2. The number of nitrogens with zero attached hydrogens (tertiary/aromatic N) is 2. The molecule has 0 aliphatic carbocycles. The topological polar surface area (TPSA) is 69.7 Å². The Bertz CT molecular complexity index is 1070. The normalized spacial score (nSPS) is 20.2. The number of piperidine rings is 2. The molecule has 8 heteroatoms. The summed E-state index contributed by atoms with van der Waals surface area (Å²) in [5.74, 6) is -0.521. The minimum atomic E-state index is -3.51. The van der Waals surface area contributed by atoms with E-state index in [1.165, 1.54) is 42.2 Å². The van der Waals surface area contributed by atoms with Crippen molar-refractivity contribution < 1.29 is 13.2 Å². The van der Waals surface area contributed by atoms with Crippen LogP contribution in [0.5, 0.6) is 0 Å². The van der Waals surface area contributed by atoms with Gasteiger partial charge in [-0.05, 0) is 67.6 Å². The first-order valence-corrected chi connectivity index (χ1v) is 14.2. The number of hydrogen-bond acceptors (Lipinski definition) is 4. The zero-order valence-electron chi connectivity index (χ0n) is 19.6. The minimum absolute atomic E-state index is 0.0833. The number of amides is 1. The smallest absolute Gasteiger partial charge is 0.224 e. The number of sulfonamides is 1. The zero-order chi connectivity index (χ0) is 24.0. The maximum Gasteiger partial charge on any atom is 0.224 e. The highest BCUT2D eigenvalue weighted by atomic mass is 35.5. The average molecular weight is 504 g/mol. The lowest BCUT2D eigenvalue weighted by atomic mass is 9.98. The molecular formula is C26H34ClN3O3S. The fourth-order valence-electron chi connectivity index (χ4n) is 4.81. The Balaban J connectivity index is 1.27. The second-order valence-electron chi connectivity index (χ2n) is 9.45. The van der Waals surface area contributed by atoms with E-state index in [0.29, 0.717) is 36.5 Å². The van der Waals surface area contributed by atoms with Crippen LogP contribution in [0.3, 0.4) is 0 Å². The molecule has 184 valence electrons. The highest BCUT2D eigenvalue weighted by Gasteiger charge is 2.32. The molecule has 0 radical (unpaired) electrons. The molecule has 6 nitrogen and oxygen atoms in total. The van der Waals surface area contributed by atoms with Crippen molar-refractivity contribution in [1.82, 2.24) is 14.5 Å². The molecule has 2 aromatic rings. The van der Waals surface area contributed by atoms with Gasteiger partial charge in [-0.15, -0.1) is 0 Å². The lowest BCUT2D eigenvalue weighted by Crippen LogP contribution is -2.45. The molecule has 0 spiro atoms. The Morgan fingerprint density at radius 2 is 1.68 bits per heavy atom. The third-order valence-corrected chi connectivity index (χ3v) is 8.78. The Kier molecular flexibility index (Phi) is 8.64. The van der Waals surface area contributed by atoms with Crippen molar-refractivity contribution in [2.24, 2.45) is 5.92 Å². The number of halogens is 1. The van der Waals surface area contributed by atoms with Gasteiger partial charge in [-0.2, -0.15) is 0 Å². The molecule has 1 N–H and O–H groups in total. The van der Waals surface area contributed by atoms with Crippen molar-refractivity contribution in [3.8, 4) is 0 Å². The summed E-state index contributed by atoms with van der Waals surface area (Å²) in [6.45, 7) is 4.45. The fraction of sp³-hybridized carbons (Fsp3) is 0.500. The Morgan fingerprint density at radius 1 is 0.941 bits per heavy atom. The third kappa shape index (κ3) is 7.04. The molecule has 0 saturated carbocycles. The molecule has 2 heterocycles. The molecule has 0 aromatic heterocycles.